The maximum absolute atomic E-state index is 4.48. The van der Waals surface area contributed by atoms with Gasteiger partial charge in [0.1, 0.15) is 0 Å². The Morgan fingerprint density at radius 2 is 2.05 bits per heavy atom. The van der Waals surface area contributed by atoms with Crippen LogP contribution in [-0.4, -0.2) is 4.98 Å². The van der Waals surface area contributed by atoms with Gasteiger partial charge in [-0.05, 0) is 37.0 Å². The third kappa shape index (κ3) is 3.11. The Hall–Kier alpha value is -1.89. The van der Waals surface area contributed by atoms with E-state index in [9.17, 15) is 0 Å². The summed E-state index contributed by atoms with van der Waals surface area (Å²) < 4.78 is 0. The number of allylic oxidation sites excluding steroid dienone is 3. The first-order valence-electron chi connectivity index (χ1n) is 6.97. The Morgan fingerprint density at radius 3 is 2.79 bits per heavy atom. The van der Waals surface area contributed by atoms with E-state index >= 15 is 0 Å². The molecule has 1 heterocycles. The standard InChI is InChI=1S/C18H21N/c1-4-7-15(5-2)9-10-16-11-12-17-8-6-13-19-18(17)14(16)3/h6-13H,4-5H2,1-3H3/b10-9-,15-7+. The molecule has 2 aromatic rings. The number of rotatable bonds is 4. The lowest BCUT2D eigenvalue weighted by molar-refractivity contribution is 1.10. The van der Waals surface area contributed by atoms with Crippen molar-refractivity contribution in [2.75, 3.05) is 0 Å². The molecule has 1 aromatic carbocycles. The molecule has 0 unspecified atom stereocenters. The van der Waals surface area contributed by atoms with E-state index in [1.165, 1.54) is 22.1 Å². The summed E-state index contributed by atoms with van der Waals surface area (Å²) in [5, 5.41) is 1.21. The third-order valence-corrected chi connectivity index (χ3v) is 3.42. The lowest BCUT2D eigenvalue weighted by Gasteiger charge is -2.05. The topological polar surface area (TPSA) is 12.9 Å². The maximum Gasteiger partial charge on any atom is 0.0737 e. The quantitative estimate of drug-likeness (QED) is 0.672. The lowest BCUT2D eigenvalue weighted by atomic mass is 10.0. The zero-order chi connectivity index (χ0) is 13.7. The first kappa shape index (κ1) is 13.5. The summed E-state index contributed by atoms with van der Waals surface area (Å²) in [7, 11) is 0. The molecule has 1 nitrogen and oxygen atoms in total. The molecular formula is C18H21N. The van der Waals surface area contributed by atoms with Crippen molar-refractivity contribution in [3.05, 3.63) is 59.3 Å². The predicted octanol–water partition coefficient (Wildman–Crippen LogP) is 5.30. The van der Waals surface area contributed by atoms with E-state index in [4.69, 9.17) is 0 Å². The Morgan fingerprint density at radius 1 is 1.21 bits per heavy atom. The fourth-order valence-electron chi connectivity index (χ4n) is 2.28. The summed E-state index contributed by atoms with van der Waals surface area (Å²) in [6, 6.07) is 8.41. The van der Waals surface area contributed by atoms with Crippen LogP contribution in [0.25, 0.3) is 17.0 Å². The number of aryl methyl sites for hydroxylation is 1. The van der Waals surface area contributed by atoms with Crippen molar-refractivity contribution in [1.29, 1.82) is 0 Å². The summed E-state index contributed by atoms with van der Waals surface area (Å²) >= 11 is 0. The average molecular weight is 251 g/mol. The van der Waals surface area contributed by atoms with Crippen molar-refractivity contribution in [1.82, 2.24) is 4.98 Å². The highest BCUT2D eigenvalue weighted by Crippen LogP contribution is 2.21. The summed E-state index contributed by atoms with van der Waals surface area (Å²) in [6.45, 7) is 6.51. The highest BCUT2D eigenvalue weighted by atomic mass is 14.6. The van der Waals surface area contributed by atoms with Crippen LogP contribution in [0, 0.1) is 6.92 Å². The first-order valence-corrected chi connectivity index (χ1v) is 6.97. The molecular weight excluding hydrogens is 230 g/mol. The molecule has 0 aliphatic carbocycles. The van der Waals surface area contributed by atoms with Gasteiger partial charge >= 0.3 is 0 Å². The van der Waals surface area contributed by atoms with Crippen molar-refractivity contribution in [3.63, 3.8) is 0 Å². The molecule has 0 aliphatic rings. The molecule has 98 valence electrons. The van der Waals surface area contributed by atoms with E-state index < -0.39 is 0 Å². The van der Waals surface area contributed by atoms with Gasteiger partial charge in [0.25, 0.3) is 0 Å². The predicted molar refractivity (Wildman–Crippen MR) is 84.2 cm³/mol. The Labute approximate surface area is 115 Å². The number of hydrogen-bond donors (Lipinski definition) is 0. The van der Waals surface area contributed by atoms with Crippen molar-refractivity contribution >= 4 is 17.0 Å². The van der Waals surface area contributed by atoms with Crippen LogP contribution in [0.1, 0.15) is 37.8 Å². The van der Waals surface area contributed by atoms with Crippen LogP contribution in [0.5, 0.6) is 0 Å². The number of fused-ring (bicyclic) bond motifs is 1. The van der Waals surface area contributed by atoms with Gasteiger partial charge in [-0.2, -0.15) is 0 Å². The van der Waals surface area contributed by atoms with Crippen molar-refractivity contribution in [2.45, 2.75) is 33.6 Å². The Balaban J connectivity index is 2.38. The second-order valence-corrected chi connectivity index (χ2v) is 4.73. The van der Waals surface area contributed by atoms with E-state index in [2.05, 4.69) is 62.2 Å². The van der Waals surface area contributed by atoms with Crippen molar-refractivity contribution < 1.29 is 0 Å². The second kappa shape index (κ2) is 6.33. The normalized spacial score (nSPS) is 12.5. The molecule has 2 rings (SSSR count). The number of benzene rings is 1. The van der Waals surface area contributed by atoms with Crippen molar-refractivity contribution in [2.24, 2.45) is 0 Å². The van der Waals surface area contributed by atoms with Gasteiger partial charge in [-0.25, -0.2) is 0 Å². The average Bonchev–Trinajstić information content (AvgIpc) is 2.45. The lowest BCUT2D eigenvalue weighted by Crippen LogP contribution is -1.87. The summed E-state index contributed by atoms with van der Waals surface area (Å²) in [4.78, 5) is 4.48. The highest BCUT2D eigenvalue weighted by Gasteiger charge is 2.01. The van der Waals surface area contributed by atoms with Crippen LogP contribution >= 0.6 is 0 Å². The minimum Gasteiger partial charge on any atom is -0.256 e. The molecule has 19 heavy (non-hydrogen) atoms. The maximum atomic E-state index is 4.48. The van der Waals surface area contributed by atoms with Gasteiger partial charge < -0.3 is 0 Å². The minimum absolute atomic E-state index is 1.08. The van der Waals surface area contributed by atoms with Gasteiger partial charge in [0.2, 0.25) is 0 Å². The van der Waals surface area contributed by atoms with Crippen molar-refractivity contribution in [3.8, 4) is 0 Å². The first-order chi connectivity index (χ1) is 9.26. The zero-order valence-electron chi connectivity index (χ0n) is 12.0. The molecule has 0 saturated heterocycles. The van der Waals surface area contributed by atoms with Gasteiger partial charge in [-0.15, -0.1) is 0 Å². The summed E-state index contributed by atoms with van der Waals surface area (Å²) in [6.07, 6.45) is 10.7. The number of hydrogen-bond acceptors (Lipinski definition) is 1. The fraction of sp³-hybridized carbons (Fsp3) is 0.278. The number of aromatic nitrogens is 1. The summed E-state index contributed by atoms with van der Waals surface area (Å²) in [5.41, 5.74) is 4.99. The fourth-order valence-corrected chi connectivity index (χ4v) is 2.28. The molecule has 0 spiro atoms. The molecule has 0 N–H and O–H groups in total. The van der Waals surface area contributed by atoms with Crippen LogP contribution < -0.4 is 0 Å². The molecule has 0 amide bonds. The van der Waals surface area contributed by atoms with Crippen LogP contribution in [0.15, 0.2) is 48.2 Å². The van der Waals surface area contributed by atoms with Crippen LogP contribution in [0.2, 0.25) is 0 Å². The second-order valence-electron chi connectivity index (χ2n) is 4.73. The Kier molecular flexibility index (Phi) is 4.51. The molecule has 1 aromatic heterocycles. The van der Waals surface area contributed by atoms with Gasteiger partial charge in [-0.3, -0.25) is 4.98 Å². The van der Waals surface area contributed by atoms with Gasteiger partial charge in [0.15, 0.2) is 0 Å². The molecule has 0 atom stereocenters. The highest BCUT2D eigenvalue weighted by molar-refractivity contribution is 5.85. The SMILES string of the molecule is CC/C=C(/C=C\c1ccc2cccnc2c1C)CC. The summed E-state index contributed by atoms with van der Waals surface area (Å²) in [5.74, 6) is 0. The third-order valence-electron chi connectivity index (χ3n) is 3.42. The molecule has 0 fully saturated rings. The van der Waals surface area contributed by atoms with Crippen LogP contribution in [0.3, 0.4) is 0 Å². The van der Waals surface area contributed by atoms with Gasteiger partial charge in [-0.1, -0.05) is 55.8 Å². The Bertz CT molecular complexity index is 621. The van der Waals surface area contributed by atoms with E-state index in [0.29, 0.717) is 0 Å². The monoisotopic (exact) mass is 251 g/mol. The van der Waals surface area contributed by atoms with Gasteiger partial charge in [0, 0.05) is 11.6 Å². The van der Waals surface area contributed by atoms with E-state index in [1.807, 2.05) is 12.3 Å². The van der Waals surface area contributed by atoms with E-state index in [1.54, 1.807) is 0 Å². The largest absolute Gasteiger partial charge is 0.256 e. The molecule has 0 bridgehead atoms. The van der Waals surface area contributed by atoms with Gasteiger partial charge in [0.05, 0.1) is 5.52 Å². The number of pyridine rings is 1. The minimum atomic E-state index is 1.08. The van der Waals surface area contributed by atoms with E-state index in [-0.39, 0.29) is 0 Å². The molecule has 0 radical (unpaired) electrons. The zero-order valence-corrected chi connectivity index (χ0v) is 12.0. The van der Waals surface area contributed by atoms with Crippen LogP contribution in [-0.2, 0) is 0 Å². The smallest absolute Gasteiger partial charge is 0.0737 e. The molecule has 0 aliphatic heterocycles. The number of nitrogens with zero attached hydrogens (tertiary/aromatic N) is 1. The van der Waals surface area contributed by atoms with E-state index in [0.717, 1.165) is 18.4 Å². The molecule has 0 saturated carbocycles. The van der Waals surface area contributed by atoms with Crippen LogP contribution in [0.4, 0.5) is 0 Å². The molecule has 1 heteroatoms.